The van der Waals surface area contributed by atoms with Gasteiger partial charge >= 0.3 is 5.63 Å². The summed E-state index contributed by atoms with van der Waals surface area (Å²) in [4.78, 5) is 28.6. The molecular formula is C32H36ClNO5. The van der Waals surface area contributed by atoms with E-state index in [1.54, 1.807) is 6.07 Å². The molecule has 2 heterocycles. The summed E-state index contributed by atoms with van der Waals surface area (Å²) in [5.41, 5.74) is 2.34. The molecule has 3 aliphatic rings. The third kappa shape index (κ3) is 4.87. The van der Waals surface area contributed by atoms with Crippen LogP contribution >= 0.6 is 11.6 Å². The Morgan fingerprint density at radius 2 is 1.87 bits per heavy atom. The second-order valence-electron chi connectivity index (χ2n) is 11.5. The van der Waals surface area contributed by atoms with Gasteiger partial charge in [-0.05, 0) is 86.8 Å². The number of amides is 1. The van der Waals surface area contributed by atoms with E-state index < -0.39 is 11.7 Å². The van der Waals surface area contributed by atoms with Crippen LogP contribution in [0, 0.1) is 5.92 Å². The number of carbonyl (C=O) groups is 1. The number of ether oxygens (including phenoxy) is 1. The Bertz CT molecular complexity index is 1430. The molecule has 7 heteroatoms. The van der Waals surface area contributed by atoms with Crippen LogP contribution in [-0.2, 0) is 17.6 Å². The van der Waals surface area contributed by atoms with Gasteiger partial charge in [0.25, 0.3) is 5.91 Å². The predicted molar refractivity (Wildman–Crippen MR) is 151 cm³/mol. The molecule has 1 aliphatic heterocycles. The van der Waals surface area contributed by atoms with Crippen LogP contribution < -0.4 is 10.4 Å². The monoisotopic (exact) mass is 549 g/mol. The van der Waals surface area contributed by atoms with Gasteiger partial charge in [0, 0.05) is 34.5 Å². The SMILES string of the molecule is CC[C@H](Oc1ccc2c3c(c(=O)oc2c1)CCCC3)C(=O)N1CC[C@@]2(O)CCCC[C@H]2[C@@H]1c1ccc(Cl)cc1. The van der Waals surface area contributed by atoms with Gasteiger partial charge in [-0.15, -0.1) is 0 Å². The molecule has 2 aliphatic carbocycles. The van der Waals surface area contributed by atoms with Crippen LogP contribution in [0.3, 0.4) is 0 Å². The maximum Gasteiger partial charge on any atom is 0.339 e. The summed E-state index contributed by atoms with van der Waals surface area (Å²) in [5.74, 6) is 0.386. The molecule has 6 rings (SSSR count). The number of aliphatic hydroxyl groups is 1. The van der Waals surface area contributed by atoms with Crippen LogP contribution in [0.15, 0.2) is 51.7 Å². The molecule has 1 N–H and O–H groups in total. The molecule has 1 aromatic heterocycles. The van der Waals surface area contributed by atoms with Crippen molar-refractivity contribution in [2.24, 2.45) is 5.92 Å². The average Bonchev–Trinajstić information content (AvgIpc) is 2.95. The number of fused-ring (bicyclic) bond motifs is 4. The van der Waals surface area contributed by atoms with Crippen LogP contribution in [0.1, 0.15) is 81.0 Å². The zero-order chi connectivity index (χ0) is 27.1. The lowest BCUT2D eigenvalue weighted by Gasteiger charge is -2.53. The van der Waals surface area contributed by atoms with Crippen molar-refractivity contribution in [3.8, 4) is 5.75 Å². The zero-order valence-electron chi connectivity index (χ0n) is 22.5. The topological polar surface area (TPSA) is 80.0 Å². The number of halogens is 1. The fraction of sp³-hybridized carbons (Fsp3) is 0.500. The fourth-order valence-corrected chi connectivity index (χ4v) is 7.28. The molecule has 1 saturated heterocycles. The van der Waals surface area contributed by atoms with Gasteiger partial charge in [0.05, 0.1) is 11.6 Å². The minimum absolute atomic E-state index is 0.0382. The number of aryl methyl sites for hydroxylation is 1. The first-order valence-corrected chi connectivity index (χ1v) is 14.8. The van der Waals surface area contributed by atoms with Crippen molar-refractivity contribution in [3.63, 3.8) is 0 Å². The number of rotatable bonds is 5. The highest BCUT2D eigenvalue weighted by Crippen LogP contribution is 2.49. The van der Waals surface area contributed by atoms with Crippen LogP contribution in [0.4, 0.5) is 0 Å². The molecule has 6 nitrogen and oxygen atoms in total. The number of piperidine rings is 1. The number of hydrogen-bond donors (Lipinski definition) is 1. The Hall–Kier alpha value is -2.83. The molecule has 39 heavy (non-hydrogen) atoms. The van der Waals surface area contributed by atoms with Crippen LogP contribution in [0.5, 0.6) is 5.75 Å². The van der Waals surface area contributed by atoms with Crippen molar-refractivity contribution < 1.29 is 19.1 Å². The van der Waals surface area contributed by atoms with Gasteiger partial charge in [-0.2, -0.15) is 0 Å². The van der Waals surface area contributed by atoms with E-state index >= 15 is 0 Å². The highest BCUT2D eigenvalue weighted by molar-refractivity contribution is 6.30. The first kappa shape index (κ1) is 26.4. The fourth-order valence-electron chi connectivity index (χ4n) is 7.16. The lowest BCUT2D eigenvalue weighted by Crippen LogP contribution is -2.58. The van der Waals surface area contributed by atoms with E-state index in [0.29, 0.717) is 35.7 Å². The van der Waals surface area contributed by atoms with E-state index in [2.05, 4.69) is 0 Å². The quantitative estimate of drug-likeness (QED) is 0.374. The van der Waals surface area contributed by atoms with Crippen molar-refractivity contribution in [2.45, 2.75) is 88.9 Å². The smallest absolute Gasteiger partial charge is 0.339 e. The molecule has 2 aromatic carbocycles. The minimum atomic E-state index is -0.767. The number of carbonyl (C=O) groups excluding carboxylic acids is 1. The van der Waals surface area contributed by atoms with Gasteiger partial charge in [0.1, 0.15) is 11.3 Å². The summed E-state index contributed by atoms with van der Waals surface area (Å²) in [5, 5.41) is 13.2. The van der Waals surface area contributed by atoms with Gasteiger partial charge in [-0.25, -0.2) is 4.79 Å². The van der Waals surface area contributed by atoms with Crippen LogP contribution in [-0.4, -0.2) is 34.2 Å². The van der Waals surface area contributed by atoms with Crippen molar-refractivity contribution in [1.82, 2.24) is 4.90 Å². The van der Waals surface area contributed by atoms with E-state index in [0.717, 1.165) is 73.4 Å². The predicted octanol–water partition coefficient (Wildman–Crippen LogP) is 6.38. The molecular weight excluding hydrogens is 514 g/mol. The summed E-state index contributed by atoms with van der Waals surface area (Å²) in [6.45, 7) is 2.41. The summed E-state index contributed by atoms with van der Waals surface area (Å²) in [7, 11) is 0. The molecule has 0 bridgehead atoms. The Morgan fingerprint density at radius 1 is 1.10 bits per heavy atom. The molecule has 1 amide bonds. The van der Waals surface area contributed by atoms with Gasteiger partial charge in [-0.1, -0.05) is 43.5 Å². The highest BCUT2D eigenvalue weighted by atomic mass is 35.5. The highest BCUT2D eigenvalue weighted by Gasteiger charge is 2.51. The van der Waals surface area contributed by atoms with E-state index in [1.807, 2.05) is 48.2 Å². The first-order valence-electron chi connectivity index (χ1n) is 14.4. The second kappa shape index (κ2) is 10.6. The molecule has 3 aromatic rings. The van der Waals surface area contributed by atoms with Crippen LogP contribution in [0.25, 0.3) is 11.0 Å². The Labute approximate surface area is 233 Å². The third-order valence-corrected chi connectivity index (χ3v) is 9.43. The summed E-state index contributed by atoms with van der Waals surface area (Å²) in [6, 6.07) is 13.0. The molecule has 0 radical (unpaired) electrons. The summed E-state index contributed by atoms with van der Waals surface area (Å²) < 4.78 is 12.0. The Balaban J connectivity index is 1.30. The number of hydrogen-bond acceptors (Lipinski definition) is 5. The van der Waals surface area contributed by atoms with Crippen molar-refractivity contribution in [2.75, 3.05) is 6.54 Å². The average molecular weight is 550 g/mol. The normalized spacial score (nSPS) is 25.6. The van der Waals surface area contributed by atoms with E-state index in [9.17, 15) is 14.7 Å². The van der Waals surface area contributed by atoms with Crippen molar-refractivity contribution in [3.05, 3.63) is 74.6 Å². The summed E-state index contributed by atoms with van der Waals surface area (Å²) in [6.07, 6.45) is 7.77. The van der Waals surface area contributed by atoms with Crippen LogP contribution in [0.2, 0.25) is 5.02 Å². The van der Waals surface area contributed by atoms with E-state index in [1.165, 1.54) is 0 Å². The lowest BCUT2D eigenvalue weighted by molar-refractivity contribution is -0.161. The van der Waals surface area contributed by atoms with Gasteiger partial charge in [0.2, 0.25) is 0 Å². The number of nitrogens with zero attached hydrogens (tertiary/aromatic N) is 1. The largest absolute Gasteiger partial charge is 0.480 e. The molecule has 1 saturated carbocycles. The second-order valence-corrected chi connectivity index (χ2v) is 11.9. The third-order valence-electron chi connectivity index (χ3n) is 9.18. The minimum Gasteiger partial charge on any atom is -0.480 e. The molecule has 4 atom stereocenters. The maximum absolute atomic E-state index is 14.1. The molecule has 206 valence electrons. The van der Waals surface area contributed by atoms with Gasteiger partial charge in [-0.3, -0.25) is 4.79 Å². The Kier molecular flexibility index (Phi) is 7.19. The van der Waals surface area contributed by atoms with E-state index in [4.69, 9.17) is 20.8 Å². The van der Waals surface area contributed by atoms with Gasteiger partial charge < -0.3 is 19.2 Å². The van der Waals surface area contributed by atoms with Crippen molar-refractivity contribution >= 4 is 28.5 Å². The maximum atomic E-state index is 14.1. The number of likely N-dealkylation sites (tertiary alicyclic amines) is 1. The van der Waals surface area contributed by atoms with Crippen molar-refractivity contribution in [1.29, 1.82) is 0 Å². The summed E-state index contributed by atoms with van der Waals surface area (Å²) >= 11 is 6.19. The Morgan fingerprint density at radius 3 is 2.64 bits per heavy atom. The number of benzene rings is 2. The molecule has 0 unspecified atom stereocenters. The first-order chi connectivity index (χ1) is 18.9. The van der Waals surface area contributed by atoms with Gasteiger partial charge in [0.15, 0.2) is 6.10 Å². The zero-order valence-corrected chi connectivity index (χ0v) is 23.2. The van der Waals surface area contributed by atoms with E-state index in [-0.39, 0.29) is 23.5 Å². The lowest BCUT2D eigenvalue weighted by atomic mass is 9.66. The molecule has 0 spiro atoms. The standard InChI is InChI=1S/C32H36ClNO5/c1-2-27(38-22-14-15-24-23-7-3-4-8-25(23)31(36)39-28(24)19-22)30(35)34-18-17-32(37)16-6-5-9-26(32)29(34)20-10-12-21(33)13-11-20/h10-15,19,26-27,29,37H,2-9,16-18H2,1H3/t26-,27-,29-,32-/m0/s1. The molecule has 2 fully saturated rings.